The Morgan fingerprint density at radius 3 is 2.73 bits per heavy atom. The first-order chi connectivity index (χ1) is 10.4. The Hall–Kier alpha value is -2.42. The van der Waals surface area contributed by atoms with Crippen LogP contribution in [-0.4, -0.2) is 42.3 Å². The summed E-state index contributed by atoms with van der Waals surface area (Å²) >= 11 is 6.00. The molecule has 22 heavy (non-hydrogen) atoms. The summed E-state index contributed by atoms with van der Waals surface area (Å²) in [5.74, 6) is -0.115. The van der Waals surface area contributed by atoms with Crippen molar-refractivity contribution in [3.05, 3.63) is 39.4 Å². The van der Waals surface area contributed by atoms with E-state index in [-0.39, 0.29) is 24.6 Å². The topological polar surface area (TPSA) is 99.1 Å². The molecule has 0 aliphatic carbocycles. The Labute approximate surface area is 131 Å². The average Bonchev–Trinajstić information content (AvgIpc) is 3.06. The number of nitro groups is 1. The van der Waals surface area contributed by atoms with Crippen molar-refractivity contribution in [2.24, 2.45) is 7.05 Å². The number of hydrogen-bond acceptors (Lipinski definition) is 5. The van der Waals surface area contributed by atoms with E-state index >= 15 is 0 Å². The monoisotopic (exact) mass is 326 g/mol. The van der Waals surface area contributed by atoms with Crippen LogP contribution in [0.1, 0.15) is 12.1 Å². The molecule has 0 aliphatic heterocycles. The van der Waals surface area contributed by atoms with E-state index in [1.54, 1.807) is 18.8 Å². The molecule has 9 nitrogen and oxygen atoms in total. The normalized spacial score (nSPS) is 10.7. The van der Waals surface area contributed by atoms with Crippen LogP contribution in [0.15, 0.2) is 18.6 Å². The van der Waals surface area contributed by atoms with Gasteiger partial charge in [0.25, 0.3) is 0 Å². The van der Waals surface area contributed by atoms with E-state index in [0.29, 0.717) is 11.6 Å². The molecule has 2 heterocycles. The van der Waals surface area contributed by atoms with Gasteiger partial charge in [0.2, 0.25) is 5.91 Å². The number of amides is 1. The van der Waals surface area contributed by atoms with Crippen LogP contribution in [0.3, 0.4) is 0 Å². The molecule has 2 aromatic rings. The van der Waals surface area contributed by atoms with Crippen molar-refractivity contribution in [1.29, 1.82) is 0 Å². The van der Waals surface area contributed by atoms with Gasteiger partial charge >= 0.3 is 5.69 Å². The third-order valence-electron chi connectivity index (χ3n) is 3.21. The highest BCUT2D eigenvalue weighted by Crippen LogP contribution is 2.16. The molecule has 118 valence electrons. The lowest BCUT2D eigenvalue weighted by Crippen LogP contribution is -2.28. The molecule has 0 aromatic carbocycles. The van der Waals surface area contributed by atoms with Gasteiger partial charge in [-0.2, -0.15) is 10.2 Å². The van der Waals surface area contributed by atoms with Crippen molar-refractivity contribution in [1.82, 2.24) is 24.5 Å². The molecule has 0 unspecified atom stereocenters. The molecular formula is C12H15ClN6O3. The SMILES string of the molecule is CN(Cc1c(Cl)cnn1C)C(=O)CCn1cc([N+](=O)[O-])cn1. The van der Waals surface area contributed by atoms with Crippen LogP contribution in [-0.2, 0) is 24.9 Å². The van der Waals surface area contributed by atoms with Gasteiger partial charge in [-0.05, 0) is 0 Å². The van der Waals surface area contributed by atoms with Crippen molar-refractivity contribution in [2.45, 2.75) is 19.5 Å². The van der Waals surface area contributed by atoms with E-state index in [1.165, 1.54) is 22.0 Å². The zero-order chi connectivity index (χ0) is 16.3. The van der Waals surface area contributed by atoms with Gasteiger partial charge in [-0.1, -0.05) is 11.6 Å². The van der Waals surface area contributed by atoms with Crippen molar-refractivity contribution in [3.63, 3.8) is 0 Å². The van der Waals surface area contributed by atoms with E-state index in [1.807, 2.05) is 0 Å². The van der Waals surface area contributed by atoms with Crippen molar-refractivity contribution in [3.8, 4) is 0 Å². The minimum absolute atomic E-state index is 0.0949. The molecule has 0 fully saturated rings. The third kappa shape index (κ3) is 3.61. The van der Waals surface area contributed by atoms with E-state index in [0.717, 1.165) is 11.9 Å². The summed E-state index contributed by atoms with van der Waals surface area (Å²) in [5, 5.41) is 18.9. The van der Waals surface area contributed by atoms with E-state index in [2.05, 4.69) is 10.2 Å². The van der Waals surface area contributed by atoms with E-state index < -0.39 is 4.92 Å². The van der Waals surface area contributed by atoms with Gasteiger partial charge < -0.3 is 4.90 Å². The van der Waals surface area contributed by atoms with Crippen LogP contribution in [0.25, 0.3) is 0 Å². The summed E-state index contributed by atoms with van der Waals surface area (Å²) in [7, 11) is 3.42. The molecule has 0 saturated carbocycles. The third-order valence-corrected chi connectivity index (χ3v) is 3.52. The van der Waals surface area contributed by atoms with Gasteiger partial charge in [0.1, 0.15) is 12.4 Å². The van der Waals surface area contributed by atoms with E-state index in [9.17, 15) is 14.9 Å². The highest BCUT2D eigenvalue weighted by molar-refractivity contribution is 6.31. The molecule has 0 atom stereocenters. The number of nitrogens with zero attached hydrogens (tertiary/aromatic N) is 6. The second-order valence-corrected chi connectivity index (χ2v) is 5.19. The Bertz CT molecular complexity index is 675. The van der Waals surface area contributed by atoms with Gasteiger partial charge in [-0.25, -0.2) is 0 Å². The Balaban J connectivity index is 1.90. The lowest BCUT2D eigenvalue weighted by molar-refractivity contribution is -0.385. The summed E-state index contributed by atoms with van der Waals surface area (Å²) in [5.41, 5.74) is 0.648. The molecule has 0 saturated heterocycles. The number of aromatic nitrogens is 4. The predicted octanol–water partition coefficient (Wildman–Crippen LogP) is 1.23. The van der Waals surface area contributed by atoms with Gasteiger partial charge in [0, 0.05) is 27.1 Å². The van der Waals surface area contributed by atoms with Crippen LogP contribution in [0, 0.1) is 10.1 Å². The van der Waals surface area contributed by atoms with Gasteiger partial charge in [0.05, 0.1) is 28.4 Å². The smallest absolute Gasteiger partial charge is 0.306 e. The lowest BCUT2D eigenvalue weighted by atomic mass is 10.3. The van der Waals surface area contributed by atoms with Crippen LogP contribution in [0.4, 0.5) is 5.69 Å². The molecule has 0 aliphatic rings. The number of carbonyl (C=O) groups excluding carboxylic acids is 1. The predicted molar refractivity (Wildman–Crippen MR) is 78.2 cm³/mol. The Kier molecular flexibility index (Phi) is 4.76. The average molecular weight is 327 g/mol. The summed E-state index contributed by atoms with van der Waals surface area (Å²) in [4.78, 5) is 23.6. The fourth-order valence-electron chi connectivity index (χ4n) is 1.90. The Morgan fingerprint density at radius 1 is 1.45 bits per heavy atom. The number of carbonyl (C=O) groups is 1. The largest absolute Gasteiger partial charge is 0.340 e. The molecular weight excluding hydrogens is 312 g/mol. The van der Waals surface area contributed by atoms with Gasteiger partial charge in [-0.3, -0.25) is 24.3 Å². The van der Waals surface area contributed by atoms with Gasteiger partial charge in [-0.15, -0.1) is 0 Å². The first-order valence-corrected chi connectivity index (χ1v) is 6.83. The zero-order valence-corrected chi connectivity index (χ0v) is 12.9. The number of halogens is 1. The number of rotatable bonds is 6. The minimum Gasteiger partial charge on any atom is -0.340 e. The second-order valence-electron chi connectivity index (χ2n) is 4.78. The van der Waals surface area contributed by atoms with Crippen LogP contribution >= 0.6 is 11.6 Å². The highest BCUT2D eigenvalue weighted by atomic mass is 35.5. The molecule has 10 heteroatoms. The highest BCUT2D eigenvalue weighted by Gasteiger charge is 2.15. The van der Waals surface area contributed by atoms with E-state index in [4.69, 9.17) is 11.6 Å². The number of aryl methyl sites for hydroxylation is 2. The lowest BCUT2D eigenvalue weighted by Gasteiger charge is -2.17. The van der Waals surface area contributed by atoms with Crippen LogP contribution in [0.5, 0.6) is 0 Å². The second kappa shape index (κ2) is 6.56. The van der Waals surface area contributed by atoms with Crippen molar-refractivity contribution in [2.75, 3.05) is 7.05 Å². The maximum atomic E-state index is 12.1. The maximum absolute atomic E-state index is 12.1. The molecule has 0 radical (unpaired) electrons. The van der Waals surface area contributed by atoms with Crippen molar-refractivity contribution < 1.29 is 9.72 Å². The fourth-order valence-corrected chi connectivity index (χ4v) is 2.12. The first-order valence-electron chi connectivity index (χ1n) is 6.45. The van der Waals surface area contributed by atoms with Crippen LogP contribution in [0.2, 0.25) is 5.02 Å². The fraction of sp³-hybridized carbons (Fsp3) is 0.417. The zero-order valence-electron chi connectivity index (χ0n) is 12.1. The summed E-state index contributed by atoms with van der Waals surface area (Å²) in [6, 6.07) is 0. The van der Waals surface area contributed by atoms with Crippen molar-refractivity contribution >= 4 is 23.2 Å². The molecule has 0 spiro atoms. The van der Waals surface area contributed by atoms with Crippen LogP contribution < -0.4 is 0 Å². The molecule has 0 N–H and O–H groups in total. The molecule has 2 aromatic heterocycles. The number of hydrogen-bond donors (Lipinski definition) is 0. The standard InChI is InChI=1S/C12H15ClN6O3/c1-16(8-11-10(13)6-14-17(11)2)12(20)3-4-18-7-9(5-15-18)19(21)22/h5-7H,3-4,8H2,1-2H3. The molecule has 1 amide bonds. The van der Waals surface area contributed by atoms with Gasteiger partial charge in [0.15, 0.2) is 0 Å². The summed E-state index contributed by atoms with van der Waals surface area (Å²) < 4.78 is 2.99. The molecule has 2 rings (SSSR count). The molecule has 0 bridgehead atoms. The minimum atomic E-state index is -0.526. The summed E-state index contributed by atoms with van der Waals surface area (Å²) in [6.07, 6.45) is 4.16. The first kappa shape index (κ1) is 16.0. The Morgan fingerprint density at radius 2 is 2.18 bits per heavy atom. The quantitative estimate of drug-likeness (QED) is 0.587. The summed E-state index contributed by atoms with van der Waals surface area (Å²) in [6.45, 7) is 0.615. The maximum Gasteiger partial charge on any atom is 0.306 e.